The van der Waals surface area contributed by atoms with Crippen LogP contribution in [0.3, 0.4) is 0 Å². The van der Waals surface area contributed by atoms with Crippen LogP contribution in [0.1, 0.15) is 23.0 Å². The maximum Gasteiger partial charge on any atom is 0.375 e. The van der Waals surface area contributed by atoms with Crippen LogP contribution < -0.4 is 10.2 Å². The van der Waals surface area contributed by atoms with Crippen LogP contribution >= 0.6 is 27.5 Å². The van der Waals surface area contributed by atoms with Gasteiger partial charge in [0.15, 0.2) is 0 Å². The molecule has 162 valence electrons. The van der Waals surface area contributed by atoms with Crippen molar-refractivity contribution in [2.75, 3.05) is 6.61 Å². The zero-order valence-corrected chi connectivity index (χ0v) is 19.4. The molecule has 0 aliphatic carbocycles. The minimum Gasteiger partial charge on any atom is -0.489 e. The summed E-state index contributed by atoms with van der Waals surface area (Å²) in [5.74, 6) is -0.333. The molecule has 7 heteroatoms. The van der Waals surface area contributed by atoms with Crippen LogP contribution in [0.15, 0.2) is 80.4 Å². The van der Waals surface area contributed by atoms with E-state index in [0.29, 0.717) is 28.3 Å². The fourth-order valence-electron chi connectivity index (χ4n) is 3.23. The molecule has 0 saturated carbocycles. The van der Waals surface area contributed by atoms with E-state index in [2.05, 4.69) is 15.9 Å². The first-order chi connectivity index (χ1) is 15.5. The lowest BCUT2D eigenvalue weighted by atomic mass is 10.0. The van der Waals surface area contributed by atoms with Gasteiger partial charge in [-0.05, 0) is 54.4 Å². The summed E-state index contributed by atoms with van der Waals surface area (Å²) in [6.07, 6.45) is 0. The van der Waals surface area contributed by atoms with Gasteiger partial charge in [0, 0.05) is 15.6 Å². The minimum atomic E-state index is -0.697. The number of fused-ring (bicyclic) bond motifs is 1. The minimum absolute atomic E-state index is 0.137. The summed E-state index contributed by atoms with van der Waals surface area (Å²) >= 11 is 9.29. The molecule has 32 heavy (non-hydrogen) atoms. The van der Waals surface area contributed by atoms with Gasteiger partial charge in [-0.1, -0.05) is 51.8 Å². The average Bonchev–Trinajstić information content (AvgIpc) is 2.79. The number of benzene rings is 3. The molecule has 5 nitrogen and oxygen atoms in total. The maximum absolute atomic E-state index is 13.3. The van der Waals surface area contributed by atoms with E-state index >= 15 is 0 Å². The maximum atomic E-state index is 13.3. The summed E-state index contributed by atoms with van der Waals surface area (Å²) in [4.78, 5) is 26.0. The van der Waals surface area contributed by atoms with Crippen molar-refractivity contribution in [3.05, 3.63) is 97.8 Å². The quantitative estimate of drug-likeness (QED) is 0.271. The van der Waals surface area contributed by atoms with Gasteiger partial charge in [0.1, 0.15) is 17.9 Å². The lowest BCUT2D eigenvalue weighted by Crippen LogP contribution is -2.15. The molecule has 0 fully saturated rings. The van der Waals surface area contributed by atoms with E-state index in [4.69, 9.17) is 25.5 Å². The van der Waals surface area contributed by atoms with E-state index < -0.39 is 5.97 Å². The molecular formula is C25H18BrClO5. The summed E-state index contributed by atoms with van der Waals surface area (Å²) < 4.78 is 17.7. The van der Waals surface area contributed by atoms with E-state index in [1.54, 1.807) is 61.5 Å². The average molecular weight is 514 g/mol. The third-order valence-corrected chi connectivity index (χ3v) is 5.56. The number of halogens is 2. The van der Waals surface area contributed by atoms with Crippen LogP contribution in [-0.4, -0.2) is 12.6 Å². The molecule has 1 heterocycles. The first kappa shape index (κ1) is 22.1. The fourth-order valence-corrected chi connectivity index (χ4v) is 3.62. The Balaban J connectivity index is 1.76. The largest absolute Gasteiger partial charge is 0.489 e. The van der Waals surface area contributed by atoms with Crippen molar-refractivity contribution in [1.82, 2.24) is 0 Å². The summed E-state index contributed by atoms with van der Waals surface area (Å²) in [5, 5.41) is 0.990. The number of hydrogen-bond donors (Lipinski definition) is 0. The van der Waals surface area contributed by atoms with E-state index in [-0.39, 0.29) is 28.9 Å². The van der Waals surface area contributed by atoms with Crippen LogP contribution in [0.5, 0.6) is 5.75 Å². The van der Waals surface area contributed by atoms with Crippen molar-refractivity contribution >= 4 is 44.5 Å². The number of carbonyl (C=O) groups excluding carboxylic acids is 1. The first-order valence-electron chi connectivity index (χ1n) is 9.87. The molecule has 4 aromatic rings. The Morgan fingerprint density at radius 3 is 2.44 bits per heavy atom. The van der Waals surface area contributed by atoms with Crippen molar-refractivity contribution in [2.24, 2.45) is 0 Å². The number of ether oxygens (including phenoxy) is 2. The van der Waals surface area contributed by atoms with Crippen LogP contribution in [0.4, 0.5) is 0 Å². The summed E-state index contributed by atoms with van der Waals surface area (Å²) in [6.45, 7) is 2.16. The van der Waals surface area contributed by atoms with Crippen molar-refractivity contribution in [3.63, 3.8) is 0 Å². The van der Waals surface area contributed by atoms with Gasteiger partial charge in [-0.15, -0.1) is 0 Å². The molecule has 0 aliphatic rings. The highest BCUT2D eigenvalue weighted by Crippen LogP contribution is 2.28. The van der Waals surface area contributed by atoms with Crippen molar-refractivity contribution in [3.8, 4) is 16.9 Å². The van der Waals surface area contributed by atoms with Crippen molar-refractivity contribution in [1.29, 1.82) is 0 Å². The van der Waals surface area contributed by atoms with Gasteiger partial charge in [0.05, 0.1) is 17.6 Å². The lowest BCUT2D eigenvalue weighted by molar-refractivity contribution is 0.0492. The van der Waals surface area contributed by atoms with E-state index in [1.165, 1.54) is 0 Å². The molecule has 0 spiro atoms. The van der Waals surface area contributed by atoms with Gasteiger partial charge in [0.2, 0.25) is 11.2 Å². The van der Waals surface area contributed by atoms with E-state index in [0.717, 1.165) is 10.0 Å². The topological polar surface area (TPSA) is 65.7 Å². The molecule has 0 saturated heterocycles. The Hall–Kier alpha value is -3.09. The van der Waals surface area contributed by atoms with Gasteiger partial charge in [-0.2, -0.15) is 0 Å². The number of hydrogen-bond acceptors (Lipinski definition) is 5. The van der Waals surface area contributed by atoms with Crippen LogP contribution in [0.2, 0.25) is 5.02 Å². The third-order valence-electron chi connectivity index (χ3n) is 4.78. The molecule has 0 bridgehead atoms. The van der Waals surface area contributed by atoms with Crippen LogP contribution in [-0.2, 0) is 11.3 Å². The SMILES string of the molecule is CCOC(=O)c1oc2cc(OCc3ccc(Cl)cc3)ccc2c(=O)c1-c1ccc(Br)cc1. The number of esters is 1. The smallest absolute Gasteiger partial charge is 0.375 e. The number of rotatable bonds is 6. The van der Waals surface area contributed by atoms with Gasteiger partial charge in [-0.25, -0.2) is 4.79 Å². The Kier molecular flexibility index (Phi) is 6.63. The van der Waals surface area contributed by atoms with Gasteiger partial charge in [0.25, 0.3) is 0 Å². The predicted molar refractivity (Wildman–Crippen MR) is 127 cm³/mol. The second-order valence-corrected chi connectivity index (χ2v) is 8.29. The summed E-state index contributed by atoms with van der Waals surface area (Å²) in [7, 11) is 0. The number of carbonyl (C=O) groups is 1. The molecule has 0 aliphatic heterocycles. The normalized spacial score (nSPS) is 10.8. The second kappa shape index (κ2) is 9.59. The molecule has 1 aromatic heterocycles. The fraction of sp³-hybridized carbons (Fsp3) is 0.120. The predicted octanol–water partition coefficient (Wildman–Crippen LogP) is 6.63. The van der Waals surface area contributed by atoms with E-state index in [9.17, 15) is 9.59 Å². The summed E-state index contributed by atoms with van der Waals surface area (Å²) in [6, 6.07) is 19.3. The molecular weight excluding hydrogens is 496 g/mol. The Bertz CT molecular complexity index is 1330. The van der Waals surface area contributed by atoms with E-state index in [1.807, 2.05) is 12.1 Å². The first-order valence-corrected chi connectivity index (χ1v) is 11.0. The van der Waals surface area contributed by atoms with Crippen molar-refractivity contribution in [2.45, 2.75) is 13.5 Å². The van der Waals surface area contributed by atoms with Crippen LogP contribution in [0, 0.1) is 0 Å². The summed E-state index contributed by atoms with van der Waals surface area (Å²) in [5.41, 5.74) is 1.59. The standard InChI is InChI=1S/C25H18BrClO5/c1-2-30-25(29)24-22(16-5-7-17(26)8-6-16)23(28)20-12-11-19(13-21(20)32-24)31-14-15-3-9-18(27)10-4-15/h3-13H,2,14H2,1H3. The molecule has 0 atom stereocenters. The van der Waals surface area contributed by atoms with Crippen molar-refractivity contribution < 1.29 is 18.7 Å². The zero-order chi connectivity index (χ0) is 22.7. The second-order valence-electron chi connectivity index (χ2n) is 6.94. The van der Waals surface area contributed by atoms with Gasteiger partial charge >= 0.3 is 5.97 Å². The highest BCUT2D eigenvalue weighted by Gasteiger charge is 2.23. The molecule has 0 N–H and O–H groups in total. The Morgan fingerprint density at radius 2 is 1.75 bits per heavy atom. The monoisotopic (exact) mass is 512 g/mol. The molecule has 4 rings (SSSR count). The highest BCUT2D eigenvalue weighted by atomic mass is 79.9. The zero-order valence-electron chi connectivity index (χ0n) is 17.1. The Labute approximate surface area is 197 Å². The molecule has 0 amide bonds. The van der Waals surface area contributed by atoms with Gasteiger partial charge < -0.3 is 13.9 Å². The molecule has 0 unspecified atom stereocenters. The molecule has 3 aromatic carbocycles. The molecule has 0 radical (unpaired) electrons. The Morgan fingerprint density at radius 1 is 1.03 bits per heavy atom. The van der Waals surface area contributed by atoms with Gasteiger partial charge in [-0.3, -0.25) is 4.79 Å². The third kappa shape index (κ3) is 4.71. The highest BCUT2D eigenvalue weighted by molar-refractivity contribution is 9.10. The lowest BCUT2D eigenvalue weighted by Gasteiger charge is -2.11. The van der Waals surface area contributed by atoms with Crippen LogP contribution in [0.25, 0.3) is 22.1 Å².